The first-order chi connectivity index (χ1) is 15.0. The minimum Gasteiger partial charge on any atom is -0.422 e. The maximum atomic E-state index is 14.9. The summed E-state index contributed by atoms with van der Waals surface area (Å²) in [5, 5.41) is 0.594. The third-order valence-corrected chi connectivity index (χ3v) is 5.81. The Morgan fingerprint density at radius 3 is 2.55 bits per heavy atom. The molecule has 2 aromatic carbocycles. The molecule has 1 aromatic heterocycles. The van der Waals surface area contributed by atoms with Crippen LogP contribution in [0.4, 0.5) is 14.9 Å². The molecule has 0 atom stereocenters. The Balaban J connectivity index is 0.00000385. The minimum absolute atomic E-state index is 0. The fourth-order valence-corrected chi connectivity index (χ4v) is 3.56. The first-order valence-electron chi connectivity index (χ1n) is 9.46. The number of fused-ring (bicyclic) bond motifs is 1. The number of ether oxygens (including phenoxy) is 1. The Morgan fingerprint density at radius 2 is 1.91 bits per heavy atom. The Kier molecular flexibility index (Phi) is 8.66. The molecule has 33 heavy (non-hydrogen) atoms. The van der Waals surface area contributed by atoms with Gasteiger partial charge in [0.05, 0.1) is 5.69 Å². The van der Waals surface area contributed by atoms with Gasteiger partial charge in [0, 0.05) is 74.1 Å². The van der Waals surface area contributed by atoms with Gasteiger partial charge in [-0.15, -0.1) is 0 Å². The van der Waals surface area contributed by atoms with E-state index in [1.54, 1.807) is 19.1 Å². The van der Waals surface area contributed by atoms with Crippen LogP contribution in [0.2, 0.25) is 0 Å². The maximum absolute atomic E-state index is 14.9. The van der Waals surface area contributed by atoms with Crippen molar-refractivity contribution in [3.63, 3.8) is 0 Å². The SMILES string of the molecule is CNS(=O)(=O)Nc1cccc(Cc2c(C)c3ccc(OC(=O)N(C)C)cc3oc2=O)c1F.[Na]. The summed E-state index contributed by atoms with van der Waals surface area (Å²) in [6, 6.07) is 8.86. The smallest absolute Gasteiger partial charge is 0.414 e. The number of carbonyl (C=O) groups is 1. The van der Waals surface area contributed by atoms with Crippen LogP contribution in [0.25, 0.3) is 11.0 Å². The quantitative estimate of drug-likeness (QED) is 0.408. The first kappa shape index (κ1) is 26.8. The molecule has 0 saturated heterocycles. The molecule has 171 valence electrons. The Labute approximate surface area is 212 Å². The molecule has 0 fully saturated rings. The molecule has 3 rings (SSSR count). The van der Waals surface area contributed by atoms with Gasteiger partial charge >= 0.3 is 11.7 Å². The largest absolute Gasteiger partial charge is 0.422 e. The van der Waals surface area contributed by atoms with E-state index in [2.05, 4.69) is 4.72 Å². The van der Waals surface area contributed by atoms with Crippen molar-refractivity contribution in [1.29, 1.82) is 0 Å². The van der Waals surface area contributed by atoms with E-state index in [1.807, 2.05) is 4.72 Å². The van der Waals surface area contributed by atoms with Gasteiger partial charge in [0.1, 0.15) is 11.3 Å². The van der Waals surface area contributed by atoms with Crippen LogP contribution in [0.1, 0.15) is 16.7 Å². The van der Waals surface area contributed by atoms with Crippen LogP contribution in [0.3, 0.4) is 0 Å². The van der Waals surface area contributed by atoms with Gasteiger partial charge in [-0.2, -0.15) is 8.42 Å². The monoisotopic (exact) mass is 486 g/mol. The van der Waals surface area contributed by atoms with Gasteiger partial charge in [0.15, 0.2) is 5.82 Å². The van der Waals surface area contributed by atoms with E-state index in [0.717, 1.165) is 0 Å². The number of halogens is 1. The fourth-order valence-electron chi connectivity index (χ4n) is 3.02. The van der Waals surface area contributed by atoms with E-state index < -0.39 is 27.7 Å². The zero-order chi connectivity index (χ0) is 23.6. The van der Waals surface area contributed by atoms with Gasteiger partial charge in [-0.05, 0) is 36.2 Å². The number of aryl methyl sites for hydroxylation is 1. The molecule has 0 spiro atoms. The van der Waals surface area contributed by atoms with Crippen LogP contribution >= 0.6 is 0 Å². The third kappa shape index (κ3) is 6.12. The van der Waals surface area contributed by atoms with E-state index in [1.165, 1.54) is 50.3 Å². The average Bonchev–Trinajstić information content (AvgIpc) is 2.73. The van der Waals surface area contributed by atoms with Crippen molar-refractivity contribution < 1.29 is 26.8 Å². The second kappa shape index (κ2) is 10.7. The number of hydrogen-bond donors (Lipinski definition) is 2. The van der Waals surface area contributed by atoms with Crippen molar-refractivity contribution in [2.45, 2.75) is 13.3 Å². The van der Waals surface area contributed by atoms with Crippen molar-refractivity contribution in [2.75, 3.05) is 25.9 Å². The average molecular weight is 486 g/mol. The van der Waals surface area contributed by atoms with E-state index in [4.69, 9.17) is 9.15 Å². The Hall–Kier alpha value is -2.44. The molecule has 0 aliphatic heterocycles. The molecular weight excluding hydrogens is 464 g/mol. The predicted octanol–water partition coefficient (Wildman–Crippen LogP) is 2.39. The number of nitrogens with one attached hydrogen (secondary N) is 2. The molecule has 1 radical (unpaired) electrons. The number of nitrogens with zero attached hydrogens (tertiary/aromatic N) is 1. The molecule has 1 amide bonds. The Bertz CT molecular complexity index is 1360. The van der Waals surface area contributed by atoms with Crippen molar-refractivity contribution in [1.82, 2.24) is 9.62 Å². The molecule has 12 heteroatoms. The second-order valence-corrected chi connectivity index (χ2v) is 8.80. The molecule has 0 saturated carbocycles. The molecule has 3 aromatic rings. The van der Waals surface area contributed by atoms with Gasteiger partial charge in [-0.1, -0.05) is 12.1 Å². The summed E-state index contributed by atoms with van der Waals surface area (Å²) < 4.78 is 53.0. The molecule has 1 heterocycles. The van der Waals surface area contributed by atoms with Crippen LogP contribution < -0.4 is 19.8 Å². The second-order valence-electron chi connectivity index (χ2n) is 7.18. The van der Waals surface area contributed by atoms with Crippen LogP contribution in [0, 0.1) is 12.7 Å². The molecule has 0 aliphatic rings. The zero-order valence-electron chi connectivity index (χ0n) is 18.9. The maximum Gasteiger partial charge on any atom is 0.414 e. The number of hydrogen-bond acceptors (Lipinski definition) is 6. The number of amides is 1. The van der Waals surface area contributed by atoms with Crippen LogP contribution in [0.5, 0.6) is 5.75 Å². The summed E-state index contributed by atoms with van der Waals surface area (Å²) in [6.45, 7) is 1.70. The fraction of sp³-hybridized carbons (Fsp3) is 0.238. The number of benzene rings is 2. The van der Waals surface area contributed by atoms with E-state index in [-0.39, 0.29) is 64.1 Å². The number of anilines is 1. The molecule has 2 N–H and O–H groups in total. The van der Waals surface area contributed by atoms with Crippen molar-refractivity contribution in [3.05, 3.63) is 69.3 Å². The van der Waals surface area contributed by atoms with Crippen LogP contribution in [-0.4, -0.2) is 70.1 Å². The molecule has 0 unspecified atom stereocenters. The first-order valence-corrected chi connectivity index (χ1v) is 10.9. The number of carbonyl (C=O) groups excluding carboxylic acids is 1. The topological polar surface area (TPSA) is 118 Å². The summed E-state index contributed by atoms with van der Waals surface area (Å²) in [4.78, 5) is 25.6. The van der Waals surface area contributed by atoms with E-state index in [9.17, 15) is 22.4 Å². The third-order valence-electron chi connectivity index (χ3n) is 4.79. The van der Waals surface area contributed by atoms with E-state index >= 15 is 0 Å². The Morgan fingerprint density at radius 1 is 1.21 bits per heavy atom. The predicted molar refractivity (Wildman–Crippen MR) is 123 cm³/mol. The van der Waals surface area contributed by atoms with Gasteiger partial charge in [0.25, 0.3) is 10.2 Å². The number of rotatable bonds is 6. The van der Waals surface area contributed by atoms with Gasteiger partial charge in [-0.3, -0.25) is 4.72 Å². The van der Waals surface area contributed by atoms with Gasteiger partial charge in [0.2, 0.25) is 0 Å². The molecular formula is C21H22FN3NaO6S. The molecule has 9 nitrogen and oxygen atoms in total. The van der Waals surface area contributed by atoms with Gasteiger partial charge in [-0.25, -0.2) is 18.7 Å². The standard InChI is InChI=1S/C21H22FN3O6S.Na/c1-12-15-9-8-14(30-21(27)25(3)4)11-18(15)31-20(26)16(12)10-13-6-5-7-17(19(13)22)24-32(28,29)23-2;/h5-9,11,23-24H,10H2,1-4H3;. The summed E-state index contributed by atoms with van der Waals surface area (Å²) in [7, 11) is 0.367. The molecule has 0 aliphatic carbocycles. The normalized spacial score (nSPS) is 11.1. The van der Waals surface area contributed by atoms with Crippen molar-refractivity contribution in [3.8, 4) is 5.75 Å². The van der Waals surface area contributed by atoms with Crippen LogP contribution in [-0.2, 0) is 16.6 Å². The van der Waals surface area contributed by atoms with Crippen molar-refractivity contribution in [2.24, 2.45) is 0 Å². The summed E-state index contributed by atoms with van der Waals surface area (Å²) in [5.41, 5.74) is 0.216. The molecule has 0 bridgehead atoms. The minimum atomic E-state index is -3.91. The summed E-state index contributed by atoms with van der Waals surface area (Å²) >= 11 is 0. The van der Waals surface area contributed by atoms with Crippen LogP contribution in [0.15, 0.2) is 45.6 Å². The van der Waals surface area contributed by atoms with Crippen molar-refractivity contribution >= 4 is 62.5 Å². The summed E-state index contributed by atoms with van der Waals surface area (Å²) in [6.07, 6.45) is -0.688. The zero-order valence-corrected chi connectivity index (χ0v) is 21.7. The van der Waals surface area contributed by atoms with E-state index in [0.29, 0.717) is 10.9 Å². The van der Waals surface area contributed by atoms with Gasteiger partial charge < -0.3 is 14.1 Å². The summed E-state index contributed by atoms with van der Waals surface area (Å²) in [5.74, 6) is -0.585.